The van der Waals surface area contributed by atoms with E-state index < -0.39 is 0 Å². The van der Waals surface area contributed by atoms with Gasteiger partial charge in [-0.3, -0.25) is 4.79 Å². The summed E-state index contributed by atoms with van der Waals surface area (Å²) in [6, 6.07) is 0. The lowest BCUT2D eigenvalue weighted by atomic mass is 10.1. The molecule has 0 heterocycles. The van der Waals surface area contributed by atoms with Gasteiger partial charge >= 0.3 is 5.97 Å². The Kier molecular flexibility index (Phi) is 8.19. The minimum Gasteiger partial charge on any atom is -0.469 e. The summed E-state index contributed by atoms with van der Waals surface area (Å²) in [7, 11) is 1.44. The lowest BCUT2D eigenvalue weighted by Crippen LogP contribution is -1.99. The molecule has 0 aliphatic heterocycles. The third kappa shape index (κ3) is 7.58. The lowest BCUT2D eigenvalue weighted by Gasteiger charge is -1.99. The van der Waals surface area contributed by atoms with E-state index in [1.165, 1.54) is 20.0 Å². The molecule has 0 atom stereocenters. The Hall–Kier alpha value is -0.530. The molecule has 0 N–H and O–H groups in total. The molecule has 0 aromatic carbocycles. The van der Waals surface area contributed by atoms with Crippen LogP contribution < -0.4 is 0 Å². The number of rotatable bonds is 7. The van der Waals surface area contributed by atoms with Crippen molar-refractivity contribution in [2.24, 2.45) is 0 Å². The maximum atomic E-state index is 10.7. The molecule has 0 fully saturated rings. The first-order valence-corrected chi connectivity index (χ1v) is 4.69. The molecule has 0 rings (SSSR count). The largest absolute Gasteiger partial charge is 0.469 e. The van der Waals surface area contributed by atoms with Crippen molar-refractivity contribution in [3.8, 4) is 0 Å². The Morgan fingerprint density at radius 3 is 2.67 bits per heavy atom. The zero-order valence-corrected chi connectivity index (χ0v) is 8.14. The van der Waals surface area contributed by atoms with E-state index in [4.69, 9.17) is 0 Å². The maximum absolute atomic E-state index is 10.7. The maximum Gasteiger partial charge on any atom is 0.305 e. The first-order chi connectivity index (χ1) is 5.81. The Balaban J connectivity index is 2.95. The molecule has 0 bridgehead atoms. The van der Waals surface area contributed by atoms with E-state index >= 15 is 0 Å². The van der Waals surface area contributed by atoms with Gasteiger partial charge in [-0.1, -0.05) is 32.6 Å². The van der Waals surface area contributed by atoms with Gasteiger partial charge in [-0.05, 0) is 12.8 Å². The molecule has 0 aliphatic rings. The van der Waals surface area contributed by atoms with Crippen LogP contribution in [0.1, 0.15) is 45.4 Å². The summed E-state index contributed by atoms with van der Waals surface area (Å²) in [6.07, 6.45) is 8.47. The molecular weight excluding hydrogens is 152 g/mol. The van der Waals surface area contributed by atoms with E-state index in [9.17, 15) is 4.79 Å². The normalized spacial score (nSPS) is 9.83. The zero-order chi connectivity index (χ0) is 9.23. The Morgan fingerprint density at radius 1 is 1.33 bits per heavy atom. The van der Waals surface area contributed by atoms with E-state index in [-0.39, 0.29) is 5.97 Å². The van der Waals surface area contributed by atoms with Crippen LogP contribution in [0.3, 0.4) is 0 Å². The minimum atomic E-state index is -0.0885. The summed E-state index contributed by atoms with van der Waals surface area (Å²) in [5.74, 6) is -0.0885. The van der Waals surface area contributed by atoms with Gasteiger partial charge in [0.2, 0.25) is 0 Å². The van der Waals surface area contributed by atoms with Crippen molar-refractivity contribution in [1.82, 2.24) is 0 Å². The number of carbonyl (C=O) groups is 1. The number of ether oxygens (including phenoxy) is 1. The van der Waals surface area contributed by atoms with E-state index in [1.807, 2.05) is 0 Å². The molecule has 71 valence electrons. The highest BCUT2D eigenvalue weighted by molar-refractivity contribution is 5.68. The van der Waals surface area contributed by atoms with Crippen molar-refractivity contribution in [3.63, 3.8) is 0 Å². The monoisotopic (exact) mass is 171 g/mol. The summed E-state index contributed by atoms with van der Waals surface area (Å²) in [6.45, 7) is 2.15. The van der Waals surface area contributed by atoms with E-state index in [1.54, 1.807) is 0 Å². The highest BCUT2D eigenvalue weighted by Crippen LogP contribution is 2.06. The third-order valence-electron chi connectivity index (χ3n) is 1.81. The average Bonchev–Trinajstić information content (AvgIpc) is 2.10. The van der Waals surface area contributed by atoms with E-state index in [0.29, 0.717) is 6.42 Å². The SMILES string of the molecule is CC[CH]CCCCCC(=O)OC. The van der Waals surface area contributed by atoms with Crippen LogP contribution in [0.4, 0.5) is 0 Å². The Bertz CT molecular complexity index is 110. The lowest BCUT2D eigenvalue weighted by molar-refractivity contribution is -0.140. The van der Waals surface area contributed by atoms with Crippen LogP contribution >= 0.6 is 0 Å². The van der Waals surface area contributed by atoms with Gasteiger partial charge < -0.3 is 4.74 Å². The van der Waals surface area contributed by atoms with Crippen LogP contribution in [-0.2, 0) is 9.53 Å². The fourth-order valence-electron chi connectivity index (χ4n) is 1.04. The quantitative estimate of drug-likeness (QED) is 0.435. The molecule has 2 nitrogen and oxygen atoms in total. The molecule has 0 amide bonds. The van der Waals surface area contributed by atoms with E-state index in [0.717, 1.165) is 19.3 Å². The highest BCUT2D eigenvalue weighted by atomic mass is 16.5. The molecule has 0 unspecified atom stereocenters. The van der Waals surface area contributed by atoms with Crippen LogP contribution in [0.25, 0.3) is 0 Å². The summed E-state index contributed by atoms with van der Waals surface area (Å²) in [5, 5.41) is 0. The van der Waals surface area contributed by atoms with Crippen molar-refractivity contribution in [3.05, 3.63) is 6.42 Å². The van der Waals surface area contributed by atoms with Gasteiger partial charge in [0.15, 0.2) is 0 Å². The van der Waals surface area contributed by atoms with Gasteiger partial charge in [0.25, 0.3) is 0 Å². The van der Waals surface area contributed by atoms with Crippen molar-refractivity contribution >= 4 is 5.97 Å². The molecule has 12 heavy (non-hydrogen) atoms. The third-order valence-corrected chi connectivity index (χ3v) is 1.81. The smallest absolute Gasteiger partial charge is 0.305 e. The molecule has 1 radical (unpaired) electrons. The van der Waals surface area contributed by atoms with E-state index in [2.05, 4.69) is 18.1 Å². The fourth-order valence-corrected chi connectivity index (χ4v) is 1.04. The molecule has 0 saturated carbocycles. The first-order valence-electron chi connectivity index (χ1n) is 4.69. The predicted octanol–water partition coefficient (Wildman–Crippen LogP) is 2.72. The topological polar surface area (TPSA) is 26.3 Å². The second-order valence-electron chi connectivity index (χ2n) is 2.87. The van der Waals surface area contributed by atoms with Crippen LogP contribution in [0, 0.1) is 6.42 Å². The van der Waals surface area contributed by atoms with Gasteiger partial charge in [-0.15, -0.1) is 0 Å². The zero-order valence-electron chi connectivity index (χ0n) is 8.14. The second-order valence-corrected chi connectivity index (χ2v) is 2.87. The van der Waals surface area contributed by atoms with Gasteiger partial charge in [0.05, 0.1) is 7.11 Å². The molecule has 0 aromatic rings. The van der Waals surface area contributed by atoms with Crippen LogP contribution in [0.15, 0.2) is 0 Å². The van der Waals surface area contributed by atoms with Crippen molar-refractivity contribution < 1.29 is 9.53 Å². The molecule has 0 aromatic heterocycles. The van der Waals surface area contributed by atoms with Crippen molar-refractivity contribution in [2.45, 2.75) is 45.4 Å². The van der Waals surface area contributed by atoms with Crippen LogP contribution in [-0.4, -0.2) is 13.1 Å². The van der Waals surface area contributed by atoms with Crippen LogP contribution in [0.5, 0.6) is 0 Å². The standard InChI is InChI=1S/C10H19O2/c1-3-4-5-6-7-8-9-10(11)12-2/h4H,3,5-9H2,1-2H3. The Labute approximate surface area is 75.3 Å². The number of esters is 1. The highest BCUT2D eigenvalue weighted by Gasteiger charge is 1.98. The van der Waals surface area contributed by atoms with Gasteiger partial charge in [0.1, 0.15) is 0 Å². The summed E-state index contributed by atoms with van der Waals surface area (Å²) in [4.78, 5) is 10.7. The number of methoxy groups -OCH3 is 1. The van der Waals surface area contributed by atoms with Gasteiger partial charge in [0, 0.05) is 6.42 Å². The van der Waals surface area contributed by atoms with Crippen molar-refractivity contribution in [2.75, 3.05) is 7.11 Å². The second kappa shape index (κ2) is 8.57. The average molecular weight is 171 g/mol. The fraction of sp³-hybridized carbons (Fsp3) is 0.800. The molecule has 0 spiro atoms. The molecule has 2 heteroatoms. The van der Waals surface area contributed by atoms with Gasteiger partial charge in [-0.25, -0.2) is 0 Å². The summed E-state index contributed by atoms with van der Waals surface area (Å²) < 4.78 is 4.53. The first kappa shape index (κ1) is 11.5. The predicted molar refractivity (Wildman–Crippen MR) is 49.7 cm³/mol. The summed E-state index contributed by atoms with van der Waals surface area (Å²) >= 11 is 0. The Morgan fingerprint density at radius 2 is 2.08 bits per heavy atom. The molecular formula is C10H19O2. The minimum absolute atomic E-state index is 0.0885. The molecule has 0 saturated heterocycles. The summed E-state index contributed by atoms with van der Waals surface area (Å²) in [5.41, 5.74) is 0. The number of carbonyl (C=O) groups excluding carboxylic acids is 1. The molecule has 0 aliphatic carbocycles. The van der Waals surface area contributed by atoms with Crippen LogP contribution in [0.2, 0.25) is 0 Å². The van der Waals surface area contributed by atoms with Crippen molar-refractivity contribution in [1.29, 1.82) is 0 Å². The number of hydrogen-bond acceptors (Lipinski definition) is 2. The number of unbranched alkanes of at least 4 members (excludes halogenated alkanes) is 5. The number of hydrogen-bond donors (Lipinski definition) is 0. The van der Waals surface area contributed by atoms with Gasteiger partial charge in [-0.2, -0.15) is 0 Å².